The molecule has 150 valence electrons. The summed E-state index contributed by atoms with van der Waals surface area (Å²) in [6, 6.07) is 14.8. The molecule has 0 aliphatic heterocycles. The number of nitrogens with zero attached hydrogens (tertiary/aromatic N) is 3. The molecule has 0 saturated carbocycles. The summed E-state index contributed by atoms with van der Waals surface area (Å²) in [6.45, 7) is 7.33. The first-order valence-corrected chi connectivity index (χ1v) is 10.3. The van der Waals surface area contributed by atoms with E-state index in [-0.39, 0.29) is 17.3 Å². The molecule has 5 nitrogen and oxygen atoms in total. The van der Waals surface area contributed by atoms with Crippen LogP contribution in [0.2, 0.25) is 0 Å². The van der Waals surface area contributed by atoms with Gasteiger partial charge in [-0.1, -0.05) is 35.9 Å². The van der Waals surface area contributed by atoms with Gasteiger partial charge in [0.15, 0.2) is 5.13 Å². The van der Waals surface area contributed by atoms with Crippen LogP contribution in [0.4, 0.5) is 10.8 Å². The van der Waals surface area contributed by atoms with Crippen LogP contribution in [0.5, 0.6) is 0 Å². The molecule has 3 aromatic rings. The Morgan fingerprint density at radius 2 is 1.87 bits per heavy atom. The maximum absolute atomic E-state index is 12.7. The molecule has 0 bridgehead atoms. The van der Waals surface area contributed by atoms with E-state index in [4.69, 9.17) is 0 Å². The number of Topliss-reactive ketones (excluding diaryl/α,β-unsaturated/α-hetero) is 1. The van der Waals surface area contributed by atoms with Crippen LogP contribution in [0.3, 0.4) is 0 Å². The summed E-state index contributed by atoms with van der Waals surface area (Å²) in [5, 5.41) is 11.7. The van der Waals surface area contributed by atoms with Gasteiger partial charge < -0.3 is 0 Å². The van der Waals surface area contributed by atoms with Crippen molar-refractivity contribution >= 4 is 39.9 Å². The number of aryl methyl sites for hydroxylation is 2. The van der Waals surface area contributed by atoms with Gasteiger partial charge in [-0.3, -0.25) is 14.5 Å². The highest BCUT2D eigenvalue weighted by Gasteiger charge is 2.20. The molecule has 0 atom stereocenters. The predicted molar refractivity (Wildman–Crippen MR) is 120 cm³/mol. The molecule has 0 radical (unpaired) electrons. The normalized spacial score (nSPS) is 11.1. The van der Waals surface area contributed by atoms with Crippen molar-refractivity contribution in [2.24, 2.45) is 0 Å². The zero-order chi connectivity index (χ0) is 21.8. The highest BCUT2D eigenvalue weighted by molar-refractivity contribution is 7.14. The fraction of sp³-hybridized carbons (Fsp3) is 0.167. The SMILES string of the molecule is CC(=O)N(c1nc(/C=C(\C#N)C(=O)c2cccc(C)c2)cs1)c1cccc(C)c1C. The number of anilines is 2. The quantitative estimate of drug-likeness (QED) is 0.311. The predicted octanol–water partition coefficient (Wildman–Crippen LogP) is 5.54. The Hall–Kier alpha value is -3.56. The Bertz CT molecular complexity index is 1200. The van der Waals surface area contributed by atoms with Crippen molar-refractivity contribution in [3.05, 3.63) is 81.4 Å². The van der Waals surface area contributed by atoms with Crippen LogP contribution in [0.25, 0.3) is 6.08 Å². The first kappa shape index (κ1) is 21.2. The van der Waals surface area contributed by atoms with E-state index in [9.17, 15) is 14.9 Å². The molecule has 1 aromatic heterocycles. The van der Waals surface area contributed by atoms with Gasteiger partial charge in [0.05, 0.1) is 11.4 Å². The Labute approximate surface area is 179 Å². The van der Waals surface area contributed by atoms with Crippen molar-refractivity contribution in [2.75, 3.05) is 4.90 Å². The van der Waals surface area contributed by atoms with E-state index in [1.807, 2.05) is 51.1 Å². The van der Waals surface area contributed by atoms with Gasteiger partial charge in [-0.25, -0.2) is 4.98 Å². The lowest BCUT2D eigenvalue weighted by molar-refractivity contribution is -0.115. The number of carbonyl (C=O) groups excluding carboxylic acids is 2. The van der Waals surface area contributed by atoms with Gasteiger partial charge in [0, 0.05) is 17.9 Å². The molecule has 0 saturated heterocycles. The minimum atomic E-state index is -0.353. The lowest BCUT2D eigenvalue weighted by Crippen LogP contribution is -2.23. The molecule has 0 N–H and O–H groups in total. The summed E-state index contributed by atoms with van der Waals surface area (Å²) in [4.78, 5) is 31.2. The van der Waals surface area contributed by atoms with Crippen LogP contribution in [0.1, 0.15) is 39.7 Å². The monoisotopic (exact) mass is 415 g/mol. The van der Waals surface area contributed by atoms with E-state index in [1.54, 1.807) is 28.5 Å². The van der Waals surface area contributed by atoms with Gasteiger partial charge in [0.2, 0.25) is 11.7 Å². The van der Waals surface area contributed by atoms with Crippen molar-refractivity contribution in [3.63, 3.8) is 0 Å². The zero-order valence-corrected chi connectivity index (χ0v) is 18.1. The third kappa shape index (κ3) is 4.37. The summed E-state index contributed by atoms with van der Waals surface area (Å²) in [6.07, 6.45) is 1.46. The molecule has 6 heteroatoms. The molecule has 0 unspecified atom stereocenters. The Morgan fingerprint density at radius 1 is 1.13 bits per heavy atom. The van der Waals surface area contributed by atoms with Crippen LogP contribution >= 0.6 is 11.3 Å². The molecule has 0 fully saturated rings. The summed E-state index contributed by atoms with van der Waals surface area (Å²) in [5.74, 6) is -0.515. The number of benzene rings is 2. The van der Waals surface area contributed by atoms with E-state index >= 15 is 0 Å². The maximum atomic E-state index is 12.7. The van der Waals surface area contributed by atoms with Gasteiger partial charge in [0.1, 0.15) is 11.6 Å². The van der Waals surface area contributed by atoms with Crippen molar-refractivity contribution in [1.29, 1.82) is 5.26 Å². The number of amides is 1. The number of carbonyl (C=O) groups is 2. The second-order valence-corrected chi connectivity index (χ2v) is 7.83. The van der Waals surface area contributed by atoms with Gasteiger partial charge in [-0.05, 0) is 50.1 Å². The van der Waals surface area contributed by atoms with Crippen LogP contribution in [0, 0.1) is 32.1 Å². The highest BCUT2D eigenvalue weighted by Crippen LogP contribution is 2.33. The van der Waals surface area contributed by atoms with E-state index < -0.39 is 0 Å². The fourth-order valence-electron chi connectivity index (χ4n) is 3.07. The van der Waals surface area contributed by atoms with Crippen molar-refractivity contribution in [2.45, 2.75) is 27.7 Å². The van der Waals surface area contributed by atoms with Gasteiger partial charge in [-0.2, -0.15) is 5.26 Å². The molecular weight excluding hydrogens is 394 g/mol. The third-order valence-corrected chi connectivity index (χ3v) is 5.61. The molecule has 1 amide bonds. The summed E-state index contributed by atoms with van der Waals surface area (Å²) in [5.41, 5.74) is 4.70. The van der Waals surface area contributed by atoms with Crippen LogP contribution in [0.15, 0.2) is 53.4 Å². The topological polar surface area (TPSA) is 74.1 Å². The van der Waals surface area contributed by atoms with Crippen LogP contribution in [-0.2, 0) is 4.79 Å². The zero-order valence-electron chi connectivity index (χ0n) is 17.3. The fourth-order valence-corrected chi connectivity index (χ4v) is 3.91. The number of allylic oxidation sites excluding steroid dienone is 1. The van der Waals surface area contributed by atoms with Crippen LogP contribution < -0.4 is 4.90 Å². The lowest BCUT2D eigenvalue weighted by atomic mass is 10.0. The van der Waals surface area contributed by atoms with Crippen molar-refractivity contribution < 1.29 is 9.59 Å². The number of aromatic nitrogens is 1. The first-order valence-electron chi connectivity index (χ1n) is 9.37. The number of rotatable bonds is 5. The number of hydrogen-bond acceptors (Lipinski definition) is 5. The van der Waals surface area contributed by atoms with Crippen LogP contribution in [-0.4, -0.2) is 16.7 Å². The van der Waals surface area contributed by atoms with Gasteiger partial charge in [0.25, 0.3) is 0 Å². The second kappa shape index (κ2) is 8.85. The average Bonchev–Trinajstić information content (AvgIpc) is 3.16. The smallest absolute Gasteiger partial charge is 0.230 e. The molecule has 1 heterocycles. The molecule has 30 heavy (non-hydrogen) atoms. The van der Waals surface area contributed by atoms with E-state index in [0.717, 1.165) is 22.4 Å². The molecule has 2 aromatic carbocycles. The number of hydrogen-bond donors (Lipinski definition) is 0. The molecule has 0 spiro atoms. The molecule has 3 rings (SSSR count). The Balaban J connectivity index is 1.97. The summed E-state index contributed by atoms with van der Waals surface area (Å²) < 4.78 is 0. The van der Waals surface area contributed by atoms with Gasteiger partial charge in [-0.15, -0.1) is 11.3 Å². The minimum absolute atomic E-state index is 0.00133. The first-order chi connectivity index (χ1) is 14.3. The lowest BCUT2D eigenvalue weighted by Gasteiger charge is -2.21. The van der Waals surface area contributed by atoms with E-state index in [0.29, 0.717) is 16.4 Å². The van der Waals surface area contributed by atoms with E-state index in [1.165, 1.54) is 24.3 Å². The number of thiazole rings is 1. The second-order valence-electron chi connectivity index (χ2n) is 7.00. The standard InChI is InChI=1S/C24H21N3O2S/c1-15-7-5-9-19(11-15)23(29)20(13-25)12-21-14-30-24(26-21)27(18(4)28)22-10-6-8-16(2)17(22)3/h5-12,14H,1-4H3/b20-12+. The summed E-state index contributed by atoms with van der Waals surface area (Å²) >= 11 is 1.29. The maximum Gasteiger partial charge on any atom is 0.230 e. The molecule has 0 aliphatic rings. The third-order valence-electron chi connectivity index (χ3n) is 4.77. The highest BCUT2D eigenvalue weighted by atomic mass is 32.1. The number of nitriles is 1. The average molecular weight is 416 g/mol. The van der Waals surface area contributed by atoms with Crippen molar-refractivity contribution in [3.8, 4) is 6.07 Å². The number of ketones is 1. The summed E-state index contributed by atoms with van der Waals surface area (Å²) in [7, 11) is 0. The largest absolute Gasteiger partial charge is 0.288 e. The van der Waals surface area contributed by atoms with E-state index in [2.05, 4.69) is 4.98 Å². The minimum Gasteiger partial charge on any atom is -0.288 e. The molecule has 0 aliphatic carbocycles. The van der Waals surface area contributed by atoms with Gasteiger partial charge >= 0.3 is 0 Å². The van der Waals surface area contributed by atoms with Crippen molar-refractivity contribution in [1.82, 2.24) is 4.98 Å². The Morgan fingerprint density at radius 3 is 2.53 bits per heavy atom. The Kier molecular flexibility index (Phi) is 6.24. The molecular formula is C24H21N3O2S.